The molecule has 2 aromatic rings. The predicted molar refractivity (Wildman–Crippen MR) is 102 cm³/mol. The topological polar surface area (TPSA) is 75.6 Å². The molecule has 27 heavy (non-hydrogen) atoms. The first-order valence-electron chi connectivity index (χ1n) is 9.48. The summed E-state index contributed by atoms with van der Waals surface area (Å²) in [5, 5.41) is 12.0. The Morgan fingerprint density at radius 2 is 1.63 bits per heavy atom. The molecule has 0 bridgehead atoms. The van der Waals surface area contributed by atoms with Gasteiger partial charge in [-0.3, -0.25) is 4.79 Å². The summed E-state index contributed by atoms with van der Waals surface area (Å²) in [5.74, 6) is -1.13. The molecule has 2 aliphatic carbocycles. The van der Waals surface area contributed by atoms with Crippen molar-refractivity contribution < 1.29 is 19.4 Å². The molecule has 0 aliphatic heterocycles. The number of hydrogen-bond acceptors (Lipinski definition) is 3. The van der Waals surface area contributed by atoms with Crippen molar-refractivity contribution in [1.29, 1.82) is 0 Å². The normalized spacial score (nSPS) is 21.2. The molecule has 0 aromatic heterocycles. The number of fused-ring (bicyclic) bond motifs is 3. The van der Waals surface area contributed by atoms with E-state index >= 15 is 0 Å². The molecule has 1 amide bonds. The number of carboxylic acid groups (broad SMARTS) is 1. The van der Waals surface area contributed by atoms with Gasteiger partial charge in [0, 0.05) is 12.0 Å². The van der Waals surface area contributed by atoms with Crippen LogP contribution in [0.2, 0.25) is 0 Å². The van der Waals surface area contributed by atoms with E-state index in [2.05, 4.69) is 29.6 Å². The van der Waals surface area contributed by atoms with Crippen LogP contribution < -0.4 is 5.32 Å². The number of carbonyl (C=O) groups is 2. The third kappa shape index (κ3) is 3.54. The van der Waals surface area contributed by atoms with Gasteiger partial charge in [-0.1, -0.05) is 55.0 Å². The van der Waals surface area contributed by atoms with Crippen LogP contribution in [-0.2, 0) is 9.53 Å². The summed E-state index contributed by atoms with van der Waals surface area (Å²) in [6.07, 6.45) is 2.30. The number of carbonyl (C=O) groups excluding carboxylic acids is 1. The van der Waals surface area contributed by atoms with Crippen LogP contribution in [0.1, 0.15) is 42.7 Å². The van der Waals surface area contributed by atoms with Crippen LogP contribution in [0.25, 0.3) is 11.1 Å². The van der Waals surface area contributed by atoms with Crippen molar-refractivity contribution in [2.24, 2.45) is 5.92 Å². The lowest BCUT2D eigenvalue weighted by Gasteiger charge is -2.27. The van der Waals surface area contributed by atoms with E-state index < -0.39 is 12.1 Å². The molecule has 0 saturated heterocycles. The Morgan fingerprint density at radius 3 is 2.26 bits per heavy atom. The van der Waals surface area contributed by atoms with Gasteiger partial charge in [0.25, 0.3) is 0 Å². The highest BCUT2D eigenvalue weighted by Crippen LogP contribution is 2.44. The Labute approximate surface area is 158 Å². The highest BCUT2D eigenvalue weighted by molar-refractivity contribution is 5.79. The summed E-state index contributed by atoms with van der Waals surface area (Å²) >= 11 is 0. The van der Waals surface area contributed by atoms with Gasteiger partial charge in [-0.05, 0) is 41.5 Å². The van der Waals surface area contributed by atoms with Gasteiger partial charge in [0.05, 0.1) is 5.92 Å². The number of aliphatic carboxylic acids is 1. The third-order valence-corrected chi connectivity index (χ3v) is 5.69. The maximum Gasteiger partial charge on any atom is 0.407 e. The molecule has 2 N–H and O–H groups in total. The summed E-state index contributed by atoms with van der Waals surface area (Å²) in [5.41, 5.74) is 4.74. The first-order valence-corrected chi connectivity index (χ1v) is 9.48. The molecular formula is C22H23NO4. The first kappa shape index (κ1) is 17.6. The van der Waals surface area contributed by atoms with Crippen molar-refractivity contribution in [1.82, 2.24) is 5.32 Å². The largest absolute Gasteiger partial charge is 0.481 e. The van der Waals surface area contributed by atoms with Gasteiger partial charge in [0.15, 0.2) is 0 Å². The van der Waals surface area contributed by atoms with Crippen LogP contribution in [0, 0.1) is 5.92 Å². The number of alkyl carbamates (subject to hydrolysis) is 1. The number of amides is 1. The zero-order valence-corrected chi connectivity index (χ0v) is 15.1. The fraction of sp³-hybridized carbons (Fsp3) is 0.364. The summed E-state index contributed by atoms with van der Waals surface area (Å²) in [4.78, 5) is 23.5. The SMILES string of the molecule is O=C(N[C@H]1CCC[C@H](C(=O)O)C1)OCC1c2ccccc2-c2ccccc21. The minimum absolute atomic E-state index is 0.0290. The highest BCUT2D eigenvalue weighted by atomic mass is 16.5. The standard InChI is InChI=1S/C22H23NO4/c24-21(25)14-6-5-7-15(12-14)23-22(26)27-13-20-18-10-3-1-8-16(18)17-9-2-4-11-19(17)20/h1-4,8-11,14-15,20H,5-7,12-13H2,(H,23,26)(H,24,25)/t14-,15-/m0/s1. The van der Waals surface area contributed by atoms with Crippen LogP contribution in [0.5, 0.6) is 0 Å². The maximum absolute atomic E-state index is 12.3. The van der Waals surface area contributed by atoms with Crippen molar-refractivity contribution in [3.05, 3.63) is 59.7 Å². The Morgan fingerprint density at radius 1 is 1.00 bits per heavy atom. The lowest BCUT2D eigenvalue weighted by atomic mass is 9.86. The van der Waals surface area contributed by atoms with Crippen LogP contribution in [0.4, 0.5) is 4.79 Å². The average Bonchev–Trinajstić information content (AvgIpc) is 3.00. The molecule has 0 radical (unpaired) electrons. The number of nitrogens with one attached hydrogen (secondary N) is 1. The molecule has 5 heteroatoms. The number of hydrogen-bond donors (Lipinski definition) is 2. The molecule has 140 valence electrons. The van der Waals surface area contributed by atoms with Gasteiger partial charge >= 0.3 is 12.1 Å². The van der Waals surface area contributed by atoms with Gasteiger partial charge < -0.3 is 15.2 Å². The summed E-state index contributed by atoms with van der Waals surface area (Å²) in [6, 6.07) is 16.3. The summed E-state index contributed by atoms with van der Waals surface area (Å²) in [7, 11) is 0. The van der Waals surface area contributed by atoms with Crippen molar-refractivity contribution in [2.45, 2.75) is 37.6 Å². The third-order valence-electron chi connectivity index (χ3n) is 5.69. The van der Waals surface area contributed by atoms with Crippen LogP contribution >= 0.6 is 0 Å². The molecule has 2 aliphatic rings. The quantitative estimate of drug-likeness (QED) is 0.853. The second-order valence-corrected chi connectivity index (χ2v) is 7.37. The second-order valence-electron chi connectivity index (χ2n) is 7.37. The van der Waals surface area contributed by atoms with Crippen molar-refractivity contribution in [3.63, 3.8) is 0 Å². The highest BCUT2D eigenvalue weighted by Gasteiger charge is 2.30. The molecule has 0 unspecified atom stereocenters. The van der Waals surface area contributed by atoms with E-state index in [1.807, 2.05) is 24.3 Å². The van der Waals surface area contributed by atoms with E-state index in [0.29, 0.717) is 12.8 Å². The van der Waals surface area contributed by atoms with Gasteiger partial charge in [-0.2, -0.15) is 0 Å². The predicted octanol–water partition coefficient (Wildman–Crippen LogP) is 4.17. The zero-order valence-electron chi connectivity index (χ0n) is 15.1. The summed E-state index contributed by atoms with van der Waals surface area (Å²) < 4.78 is 5.54. The second kappa shape index (κ2) is 7.43. The van der Waals surface area contributed by atoms with Crippen molar-refractivity contribution in [3.8, 4) is 11.1 Å². The van der Waals surface area contributed by atoms with E-state index in [1.54, 1.807) is 0 Å². The average molecular weight is 365 g/mol. The smallest absolute Gasteiger partial charge is 0.407 e. The number of carboxylic acids is 1. The molecule has 4 rings (SSSR count). The van der Waals surface area contributed by atoms with Crippen LogP contribution in [-0.4, -0.2) is 29.8 Å². The Balaban J connectivity index is 1.40. The maximum atomic E-state index is 12.3. The fourth-order valence-corrected chi connectivity index (χ4v) is 4.35. The van der Waals surface area contributed by atoms with Gasteiger partial charge in [-0.15, -0.1) is 0 Å². The van der Waals surface area contributed by atoms with E-state index in [9.17, 15) is 14.7 Å². The molecule has 5 nitrogen and oxygen atoms in total. The molecular weight excluding hydrogens is 342 g/mol. The van der Waals surface area contributed by atoms with Crippen LogP contribution in [0.3, 0.4) is 0 Å². The number of benzene rings is 2. The molecule has 0 spiro atoms. The van der Waals surface area contributed by atoms with E-state index in [-0.39, 0.29) is 24.5 Å². The Kier molecular flexibility index (Phi) is 4.84. The molecule has 1 fully saturated rings. The fourth-order valence-electron chi connectivity index (χ4n) is 4.35. The van der Waals surface area contributed by atoms with Gasteiger partial charge in [0.1, 0.15) is 6.61 Å². The van der Waals surface area contributed by atoms with E-state index in [0.717, 1.165) is 12.8 Å². The lowest BCUT2D eigenvalue weighted by molar-refractivity contribution is -0.143. The Bertz CT molecular complexity index is 817. The number of rotatable bonds is 4. The van der Waals surface area contributed by atoms with Crippen molar-refractivity contribution >= 4 is 12.1 Å². The molecule has 2 atom stereocenters. The first-order chi connectivity index (χ1) is 13.1. The monoisotopic (exact) mass is 365 g/mol. The van der Waals surface area contributed by atoms with Crippen LogP contribution in [0.15, 0.2) is 48.5 Å². The van der Waals surface area contributed by atoms with Gasteiger partial charge in [0.2, 0.25) is 0 Å². The summed E-state index contributed by atoms with van der Waals surface area (Å²) in [6.45, 7) is 0.273. The van der Waals surface area contributed by atoms with Gasteiger partial charge in [-0.25, -0.2) is 4.79 Å². The zero-order chi connectivity index (χ0) is 18.8. The Hall–Kier alpha value is -2.82. The minimum Gasteiger partial charge on any atom is -0.481 e. The lowest BCUT2D eigenvalue weighted by Crippen LogP contribution is -2.40. The van der Waals surface area contributed by atoms with E-state index in [4.69, 9.17) is 4.74 Å². The minimum atomic E-state index is -0.783. The molecule has 0 heterocycles. The molecule has 2 aromatic carbocycles. The van der Waals surface area contributed by atoms with E-state index in [1.165, 1.54) is 22.3 Å². The molecule has 1 saturated carbocycles. The van der Waals surface area contributed by atoms with Crippen molar-refractivity contribution in [2.75, 3.05) is 6.61 Å². The number of ether oxygens (including phenoxy) is 1.